The number of hydrogen-bond donors (Lipinski definition) is 1. The highest BCUT2D eigenvalue weighted by Crippen LogP contribution is 2.31. The van der Waals surface area contributed by atoms with Crippen molar-refractivity contribution in [3.8, 4) is 0 Å². The monoisotopic (exact) mass is 288 g/mol. The van der Waals surface area contributed by atoms with Crippen molar-refractivity contribution in [3.05, 3.63) is 27.7 Å². The van der Waals surface area contributed by atoms with Gasteiger partial charge in [-0.2, -0.15) is 0 Å². The standard InChI is InChI=1S/C13H18Cl2N2O/c1-8(2)13(18)17(4)12-6-11(15)10(14)5-9(12)7-16-3/h5-6,8,16H,7H2,1-4H3. The summed E-state index contributed by atoms with van der Waals surface area (Å²) in [7, 11) is 3.59. The molecule has 1 N–H and O–H groups in total. The zero-order chi connectivity index (χ0) is 13.9. The number of benzene rings is 1. The van der Waals surface area contributed by atoms with E-state index in [1.807, 2.05) is 20.9 Å². The fourth-order valence-corrected chi connectivity index (χ4v) is 2.07. The summed E-state index contributed by atoms with van der Waals surface area (Å²) in [6.07, 6.45) is 0. The van der Waals surface area contributed by atoms with E-state index in [1.165, 1.54) is 0 Å². The van der Waals surface area contributed by atoms with E-state index in [-0.39, 0.29) is 11.8 Å². The lowest BCUT2D eigenvalue weighted by Crippen LogP contribution is -2.31. The summed E-state index contributed by atoms with van der Waals surface area (Å²) in [5.74, 6) is -0.0161. The normalized spacial score (nSPS) is 10.8. The van der Waals surface area contributed by atoms with Gasteiger partial charge in [0.2, 0.25) is 5.91 Å². The van der Waals surface area contributed by atoms with Gasteiger partial charge < -0.3 is 10.2 Å². The Balaban J connectivity index is 3.20. The van der Waals surface area contributed by atoms with Gasteiger partial charge in [-0.1, -0.05) is 37.0 Å². The minimum Gasteiger partial charge on any atom is -0.316 e. The van der Waals surface area contributed by atoms with Crippen molar-refractivity contribution in [2.75, 3.05) is 19.0 Å². The van der Waals surface area contributed by atoms with Gasteiger partial charge in [-0.25, -0.2) is 0 Å². The highest BCUT2D eigenvalue weighted by molar-refractivity contribution is 6.42. The van der Waals surface area contributed by atoms with Crippen LogP contribution in [0.15, 0.2) is 12.1 Å². The van der Waals surface area contributed by atoms with Crippen LogP contribution in [0.4, 0.5) is 5.69 Å². The number of amides is 1. The second-order valence-corrected chi connectivity index (χ2v) is 5.29. The van der Waals surface area contributed by atoms with Crippen LogP contribution in [-0.2, 0) is 11.3 Å². The Kier molecular flexibility index (Phi) is 5.45. The quantitative estimate of drug-likeness (QED) is 0.922. The smallest absolute Gasteiger partial charge is 0.229 e. The molecule has 100 valence electrons. The topological polar surface area (TPSA) is 32.3 Å². The molecule has 0 spiro atoms. The van der Waals surface area contributed by atoms with Crippen LogP contribution >= 0.6 is 23.2 Å². The fraction of sp³-hybridized carbons (Fsp3) is 0.462. The number of nitrogens with zero attached hydrogens (tertiary/aromatic N) is 1. The van der Waals surface area contributed by atoms with E-state index >= 15 is 0 Å². The molecule has 0 bridgehead atoms. The molecule has 5 heteroatoms. The Morgan fingerprint density at radius 2 is 1.89 bits per heavy atom. The molecule has 0 aliphatic heterocycles. The lowest BCUT2D eigenvalue weighted by molar-refractivity contribution is -0.121. The molecule has 3 nitrogen and oxygen atoms in total. The third kappa shape index (κ3) is 3.37. The van der Waals surface area contributed by atoms with Crippen LogP contribution in [0.25, 0.3) is 0 Å². The molecule has 18 heavy (non-hydrogen) atoms. The summed E-state index contributed by atoms with van der Waals surface area (Å²) in [5, 5.41) is 4.00. The maximum absolute atomic E-state index is 12.0. The number of halogens is 2. The van der Waals surface area contributed by atoms with Gasteiger partial charge in [0.25, 0.3) is 0 Å². The summed E-state index contributed by atoms with van der Waals surface area (Å²) in [4.78, 5) is 13.6. The van der Waals surface area contributed by atoms with Crippen molar-refractivity contribution < 1.29 is 4.79 Å². The molecule has 1 aromatic rings. The molecule has 0 unspecified atom stereocenters. The number of nitrogens with one attached hydrogen (secondary N) is 1. The van der Waals surface area contributed by atoms with E-state index < -0.39 is 0 Å². The molecule has 0 atom stereocenters. The van der Waals surface area contributed by atoms with Crippen molar-refractivity contribution >= 4 is 34.8 Å². The second kappa shape index (κ2) is 6.41. The molecule has 0 aliphatic carbocycles. The molecule has 0 radical (unpaired) electrons. The number of carbonyl (C=O) groups is 1. The molecule has 0 fully saturated rings. The number of anilines is 1. The van der Waals surface area contributed by atoms with Crippen LogP contribution in [-0.4, -0.2) is 20.0 Å². The van der Waals surface area contributed by atoms with E-state index in [0.29, 0.717) is 16.6 Å². The van der Waals surface area contributed by atoms with Crippen LogP contribution in [0.3, 0.4) is 0 Å². The average molecular weight is 289 g/mol. The molecular weight excluding hydrogens is 271 g/mol. The van der Waals surface area contributed by atoms with E-state index in [1.54, 1.807) is 24.1 Å². The van der Waals surface area contributed by atoms with E-state index in [0.717, 1.165) is 11.3 Å². The van der Waals surface area contributed by atoms with E-state index in [2.05, 4.69) is 5.32 Å². The Morgan fingerprint density at radius 3 is 2.39 bits per heavy atom. The van der Waals surface area contributed by atoms with Crippen molar-refractivity contribution in [1.82, 2.24) is 5.32 Å². The van der Waals surface area contributed by atoms with Gasteiger partial charge in [-0.05, 0) is 24.7 Å². The Hall–Kier alpha value is -0.770. The molecule has 0 aliphatic rings. The number of carbonyl (C=O) groups excluding carboxylic acids is 1. The summed E-state index contributed by atoms with van der Waals surface area (Å²) in [6.45, 7) is 4.37. The third-order valence-electron chi connectivity index (χ3n) is 2.67. The predicted octanol–water partition coefficient (Wildman–Crippen LogP) is 3.33. The minimum absolute atomic E-state index is 0.0470. The summed E-state index contributed by atoms with van der Waals surface area (Å²) >= 11 is 12.0. The maximum atomic E-state index is 12.0. The van der Waals surface area contributed by atoms with Gasteiger partial charge in [0, 0.05) is 25.2 Å². The molecule has 1 rings (SSSR count). The van der Waals surface area contributed by atoms with Crippen molar-refractivity contribution in [1.29, 1.82) is 0 Å². The van der Waals surface area contributed by atoms with Crippen LogP contribution in [0, 0.1) is 5.92 Å². The van der Waals surface area contributed by atoms with Gasteiger partial charge in [0.1, 0.15) is 0 Å². The van der Waals surface area contributed by atoms with Gasteiger partial charge in [-0.15, -0.1) is 0 Å². The molecule has 0 saturated heterocycles. The van der Waals surface area contributed by atoms with Gasteiger partial charge in [-0.3, -0.25) is 4.79 Å². The zero-order valence-electron chi connectivity index (χ0n) is 11.1. The highest BCUT2D eigenvalue weighted by Gasteiger charge is 2.18. The lowest BCUT2D eigenvalue weighted by atomic mass is 10.1. The number of rotatable bonds is 4. The third-order valence-corrected chi connectivity index (χ3v) is 3.40. The molecule has 0 aromatic heterocycles. The van der Waals surface area contributed by atoms with Crippen LogP contribution in [0.2, 0.25) is 10.0 Å². The van der Waals surface area contributed by atoms with Crippen LogP contribution in [0.5, 0.6) is 0 Å². The molecule has 0 saturated carbocycles. The lowest BCUT2D eigenvalue weighted by Gasteiger charge is -2.23. The first-order chi connectivity index (χ1) is 8.38. The highest BCUT2D eigenvalue weighted by atomic mass is 35.5. The van der Waals surface area contributed by atoms with Crippen LogP contribution in [0.1, 0.15) is 19.4 Å². The molecule has 1 amide bonds. The minimum atomic E-state index is -0.0631. The zero-order valence-corrected chi connectivity index (χ0v) is 12.6. The largest absolute Gasteiger partial charge is 0.316 e. The molecule has 0 heterocycles. The first-order valence-electron chi connectivity index (χ1n) is 5.78. The predicted molar refractivity (Wildman–Crippen MR) is 77.5 cm³/mol. The fourth-order valence-electron chi connectivity index (χ4n) is 1.73. The van der Waals surface area contributed by atoms with E-state index in [4.69, 9.17) is 23.2 Å². The summed E-state index contributed by atoms with van der Waals surface area (Å²) < 4.78 is 0. The maximum Gasteiger partial charge on any atom is 0.229 e. The number of hydrogen-bond acceptors (Lipinski definition) is 2. The first-order valence-corrected chi connectivity index (χ1v) is 6.54. The van der Waals surface area contributed by atoms with Gasteiger partial charge in [0.15, 0.2) is 0 Å². The van der Waals surface area contributed by atoms with Gasteiger partial charge in [0.05, 0.1) is 10.0 Å². The summed E-state index contributed by atoms with van der Waals surface area (Å²) in [6, 6.07) is 3.52. The molecular formula is C13H18Cl2N2O. The second-order valence-electron chi connectivity index (χ2n) is 4.48. The van der Waals surface area contributed by atoms with Gasteiger partial charge >= 0.3 is 0 Å². The SMILES string of the molecule is CNCc1cc(Cl)c(Cl)cc1N(C)C(=O)C(C)C. The molecule has 1 aromatic carbocycles. The van der Waals surface area contributed by atoms with Crippen molar-refractivity contribution in [2.24, 2.45) is 5.92 Å². The summed E-state index contributed by atoms with van der Waals surface area (Å²) in [5.41, 5.74) is 1.74. The Bertz CT molecular complexity index is 447. The Labute approximate surface area is 118 Å². The van der Waals surface area contributed by atoms with Crippen LogP contribution < -0.4 is 10.2 Å². The first kappa shape index (κ1) is 15.3. The average Bonchev–Trinajstić information content (AvgIpc) is 2.32. The van der Waals surface area contributed by atoms with Crippen molar-refractivity contribution in [2.45, 2.75) is 20.4 Å². The van der Waals surface area contributed by atoms with Crippen molar-refractivity contribution in [3.63, 3.8) is 0 Å². The Morgan fingerprint density at radius 1 is 1.33 bits per heavy atom. The van der Waals surface area contributed by atoms with E-state index in [9.17, 15) is 4.79 Å².